The zero-order chi connectivity index (χ0) is 9.83. The summed E-state index contributed by atoms with van der Waals surface area (Å²) in [5.41, 5.74) is 0. The summed E-state index contributed by atoms with van der Waals surface area (Å²) in [6.07, 6.45) is 10.8. The fourth-order valence-corrected chi connectivity index (χ4v) is 4.94. The highest BCUT2D eigenvalue weighted by Crippen LogP contribution is 2.58. The Morgan fingerprint density at radius 1 is 0.867 bits per heavy atom. The fraction of sp³-hybridized carbons (Fsp3) is 1.00. The molecule has 4 saturated carbocycles. The van der Waals surface area contributed by atoms with E-state index in [2.05, 4.69) is 5.32 Å². The Morgan fingerprint density at radius 2 is 1.73 bits per heavy atom. The minimum Gasteiger partial charge on any atom is -0.313 e. The number of rotatable bonds is 3. The summed E-state index contributed by atoms with van der Waals surface area (Å²) in [5, 5.41) is 3.89. The number of hydrogen-bond acceptors (Lipinski definition) is 1. The molecule has 15 heavy (non-hydrogen) atoms. The monoisotopic (exact) mass is 205 g/mol. The average molecular weight is 205 g/mol. The van der Waals surface area contributed by atoms with E-state index >= 15 is 0 Å². The zero-order valence-electron chi connectivity index (χ0n) is 9.62. The molecule has 0 radical (unpaired) electrons. The maximum Gasteiger partial charge on any atom is 0.0101 e. The minimum absolute atomic E-state index is 0.926. The summed E-state index contributed by atoms with van der Waals surface area (Å²) in [6.45, 7) is 1.34. The van der Waals surface area contributed by atoms with Gasteiger partial charge in [-0.05, 0) is 74.7 Å². The van der Waals surface area contributed by atoms with Gasteiger partial charge in [0.2, 0.25) is 0 Å². The first-order valence-corrected chi connectivity index (χ1v) is 7.15. The second kappa shape index (κ2) is 3.23. The predicted octanol–water partition coefficient (Wildman–Crippen LogP) is 2.81. The van der Waals surface area contributed by atoms with Crippen LogP contribution in [0.3, 0.4) is 0 Å². The van der Waals surface area contributed by atoms with Gasteiger partial charge in [-0.15, -0.1) is 0 Å². The van der Waals surface area contributed by atoms with Crippen LogP contribution in [0, 0.1) is 29.6 Å². The first-order chi connectivity index (χ1) is 7.42. The van der Waals surface area contributed by atoms with Crippen LogP contribution in [0.2, 0.25) is 0 Å². The van der Waals surface area contributed by atoms with Gasteiger partial charge in [-0.3, -0.25) is 0 Å². The molecule has 4 fully saturated rings. The first-order valence-electron chi connectivity index (χ1n) is 7.15. The Labute approximate surface area is 93.0 Å². The van der Waals surface area contributed by atoms with Crippen molar-refractivity contribution in [3.8, 4) is 0 Å². The van der Waals surface area contributed by atoms with Crippen LogP contribution in [0.1, 0.15) is 44.9 Å². The lowest BCUT2D eigenvalue weighted by molar-refractivity contribution is 0.208. The molecular formula is C14H23N. The van der Waals surface area contributed by atoms with Crippen molar-refractivity contribution in [2.24, 2.45) is 29.6 Å². The highest BCUT2D eigenvalue weighted by molar-refractivity contribution is 5.05. The lowest BCUT2D eigenvalue weighted by Gasteiger charge is -2.32. The number of nitrogens with one attached hydrogen (secondary N) is 1. The van der Waals surface area contributed by atoms with Crippen LogP contribution in [0.5, 0.6) is 0 Å². The van der Waals surface area contributed by atoms with Crippen LogP contribution in [0.4, 0.5) is 0 Å². The molecule has 0 amide bonds. The van der Waals surface area contributed by atoms with Gasteiger partial charge in [-0.1, -0.05) is 6.42 Å². The Balaban J connectivity index is 1.41. The largest absolute Gasteiger partial charge is 0.313 e. The third kappa shape index (κ3) is 1.39. The van der Waals surface area contributed by atoms with Crippen LogP contribution in [0.15, 0.2) is 0 Å². The molecule has 1 nitrogen and oxygen atoms in total. The van der Waals surface area contributed by atoms with Gasteiger partial charge in [0.25, 0.3) is 0 Å². The highest BCUT2D eigenvalue weighted by Gasteiger charge is 2.53. The van der Waals surface area contributed by atoms with Crippen molar-refractivity contribution in [3.05, 3.63) is 0 Å². The lowest BCUT2D eigenvalue weighted by atomic mass is 9.79. The third-order valence-electron chi connectivity index (χ3n) is 5.79. The molecule has 1 heteroatoms. The summed E-state index contributed by atoms with van der Waals surface area (Å²) in [6, 6.07) is 0.926. The third-order valence-corrected chi connectivity index (χ3v) is 5.79. The molecule has 4 rings (SSSR count). The number of hydrogen-bond donors (Lipinski definition) is 1. The molecule has 0 aromatic heterocycles. The van der Waals surface area contributed by atoms with Gasteiger partial charge in [-0.2, -0.15) is 0 Å². The standard InChI is InChI=1S/C14H23N/c1-2-11-10-6-13(12(11)3-1)14(7-10)15-8-9-4-5-9/h9-15H,1-8H2/t10-,11-,12-,13+,14-/m1/s1. The minimum atomic E-state index is 0.926. The van der Waals surface area contributed by atoms with Crippen molar-refractivity contribution in [1.29, 1.82) is 0 Å². The zero-order valence-corrected chi connectivity index (χ0v) is 9.62. The fourth-order valence-electron chi connectivity index (χ4n) is 4.94. The second-order valence-electron chi connectivity index (χ2n) is 6.61. The molecule has 1 N–H and O–H groups in total. The summed E-state index contributed by atoms with van der Waals surface area (Å²) < 4.78 is 0. The van der Waals surface area contributed by atoms with Crippen LogP contribution in [0.25, 0.3) is 0 Å². The smallest absolute Gasteiger partial charge is 0.0101 e. The van der Waals surface area contributed by atoms with Crippen molar-refractivity contribution < 1.29 is 0 Å². The molecule has 84 valence electrons. The van der Waals surface area contributed by atoms with Crippen molar-refractivity contribution >= 4 is 0 Å². The van der Waals surface area contributed by atoms with Crippen molar-refractivity contribution in [2.75, 3.05) is 6.54 Å². The molecule has 0 aromatic rings. The Bertz CT molecular complexity index is 258. The van der Waals surface area contributed by atoms with Crippen molar-refractivity contribution in [2.45, 2.75) is 51.0 Å². The summed E-state index contributed by atoms with van der Waals surface area (Å²) in [4.78, 5) is 0. The number of fused-ring (bicyclic) bond motifs is 5. The highest BCUT2D eigenvalue weighted by atomic mass is 15.0. The quantitative estimate of drug-likeness (QED) is 0.747. The summed E-state index contributed by atoms with van der Waals surface area (Å²) >= 11 is 0. The SMILES string of the molecule is C1C[C@@H]2[C@H](C1)[C@@H]1C[C@@H]2[C@H](NCC2CC2)C1. The van der Waals surface area contributed by atoms with E-state index < -0.39 is 0 Å². The normalized spacial score (nSPS) is 52.4. The first kappa shape index (κ1) is 9.04. The Morgan fingerprint density at radius 3 is 2.60 bits per heavy atom. The molecule has 0 aliphatic heterocycles. The molecule has 0 aromatic carbocycles. The van der Waals surface area contributed by atoms with Gasteiger partial charge < -0.3 is 5.32 Å². The van der Waals surface area contributed by atoms with Gasteiger partial charge in [0.1, 0.15) is 0 Å². The van der Waals surface area contributed by atoms with E-state index in [-0.39, 0.29) is 0 Å². The Hall–Kier alpha value is -0.0400. The molecular weight excluding hydrogens is 182 g/mol. The van der Waals surface area contributed by atoms with Crippen LogP contribution >= 0.6 is 0 Å². The van der Waals surface area contributed by atoms with Crippen molar-refractivity contribution in [3.63, 3.8) is 0 Å². The van der Waals surface area contributed by atoms with Gasteiger partial charge in [0.05, 0.1) is 0 Å². The van der Waals surface area contributed by atoms with Crippen LogP contribution in [-0.4, -0.2) is 12.6 Å². The predicted molar refractivity (Wildman–Crippen MR) is 61.6 cm³/mol. The maximum atomic E-state index is 3.89. The molecule has 0 spiro atoms. The molecule has 5 atom stereocenters. The Kier molecular flexibility index (Phi) is 1.94. The average Bonchev–Trinajstić information content (AvgIpc) is 2.72. The van der Waals surface area contributed by atoms with E-state index in [0.29, 0.717) is 0 Å². The van der Waals surface area contributed by atoms with E-state index in [0.717, 1.165) is 35.6 Å². The van der Waals surface area contributed by atoms with E-state index in [9.17, 15) is 0 Å². The van der Waals surface area contributed by atoms with Crippen LogP contribution in [-0.2, 0) is 0 Å². The molecule has 2 bridgehead atoms. The topological polar surface area (TPSA) is 12.0 Å². The summed E-state index contributed by atoms with van der Waals surface area (Å²) in [7, 11) is 0. The van der Waals surface area contributed by atoms with Crippen LogP contribution < -0.4 is 5.32 Å². The molecule has 4 aliphatic rings. The van der Waals surface area contributed by atoms with Crippen molar-refractivity contribution in [1.82, 2.24) is 5.32 Å². The summed E-state index contributed by atoms with van der Waals surface area (Å²) in [5.74, 6) is 5.57. The van der Waals surface area contributed by atoms with Gasteiger partial charge in [0, 0.05) is 6.04 Å². The van der Waals surface area contributed by atoms with E-state index in [1.165, 1.54) is 32.2 Å². The van der Waals surface area contributed by atoms with E-state index in [4.69, 9.17) is 0 Å². The molecule has 0 heterocycles. The lowest BCUT2D eigenvalue weighted by Crippen LogP contribution is -2.40. The second-order valence-corrected chi connectivity index (χ2v) is 6.61. The van der Waals surface area contributed by atoms with Gasteiger partial charge in [0.15, 0.2) is 0 Å². The van der Waals surface area contributed by atoms with Gasteiger partial charge >= 0.3 is 0 Å². The van der Waals surface area contributed by atoms with E-state index in [1.807, 2.05) is 0 Å². The maximum absolute atomic E-state index is 3.89. The molecule has 0 saturated heterocycles. The van der Waals surface area contributed by atoms with Gasteiger partial charge in [-0.25, -0.2) is 0 Å². The van der Waals surface area contributed by atoms with E-state index in [1.54, 1.807) is 19.3 Å². The molecule has 0 unspecified atom stereocenters. The molecule has 4 aliphatic carbocycles.